The van der Waals surface area contributed by atoms with Gasteiger partial charge in [-0.1, -0.05) is 0 Å². The molecule has 2 aromatic rings. The van der Waals surface area contributed by atoms with Crippen molar-refractivity contribution in [2.45, 2.75) is 6.92 Å². The molecule has 2 heteroatoms. The maximum atomic E-state index is 7.05. The summed E-state index contributed by atoms with van der Waals surface area (Å²) in [5.74, 6) is 0.358. The molecule has 0 amide bonds. The topological polar surface area (TPSA) is 22.1 Å². The summed E-state index contributed by atoms with van der Waals surface area (Å²) in [6.45, 7) is 1.90. The minimum Gasteiger partial charge on any atom is -0.497 e. The van der Waals surface area contributed by atoms with E-state index in [1.807, 2.05) is 13.0 Å². The zero-order chi connectivity index (χ0) is 11.8. The van der Waals surface area contributed by atoms with Crippen molar-refractivity contribution in [2.24, 2.45) is 0 Å². The fraction of sp³-hybridized carbons (Fsp3) is 0.182. The van der Waals surface area contributed by atoms with Crippen molar-refractivity contribution in [2.75, 3.05) is 7.04 Å². The van der Waals surface area contributed by atoms with Crippen LogP contribution < -0.4 is 4.74 Å². The van der Waals surface area contributed by atoms with Crippen LogP contribution in [0.3, 0.4) is 0 Å². The first kappa shape index (κ1) is 5.22. The van der Waals surface area contributed by atoms with Gasteiger partial charge in [0.2, 0.25) is 0 Å². The molecule has 0 bridgehead atoms. The highest BCUT2D eigenvalue weighted by molar-refractivity contribution is 5.86. The van der Waals surface area contributed by atoms with E-state index in [2.05, 4.69) is 4.98 Å². The Hall–Kier alpha value is -1.57. The number of rotatable bonds is 1. The Morgan fingerprint density at radius 1 is 1.46 bits per heavy atom. The van der Waals surface area contributed by atoms with E-state index in [4.69, 9.17) is 8.85 Å². The number of hydrogen-bond donors (Lipinski definition) is 0. The second kappa shape index (κ2) is 3.05. The van der Waals surface area contributed by atoms with Gasteiger partial charge < -0.3 is 4.74 Å². The van der Waals surface area contributed by atoms with Gasteiger partial charge in [-0.15, -0.1) is 0 Å². The maximum absolute atomic E-state index is 7.05. The summed E-state index contributed by atoms with van der Waals surface area (Å²) in [5.41, 5.74) is 0.949. The third-order valence-electron chi connectivity index (χ3n) is 2.05. The highest BCUT2D eigenvalue weighted by Crippen LogP contribution is 2.23. The molecule has 0 atom stereocenters. The van der Waals surface area contributed by atoms with Crippen LogP contribution in [0.5, 0.6) is 5.75 Å². The van der Waals surface area contributed by atoms with Gasteiger partial charge in [0.15, 0.2) is 0 Å². The lowest BCUT2D eigenvalue weighted by molar-refractivity contribution is 0.415. The Morgan fingerprint density at radius 3 is 3.23 bits per heavy atom. The van der Waals surface area contributed by atoms with Gasteiger partial charge in [-0.05, 0) is 36.1 Å². The van der Waals surface area contributed by atoms with E-state index in [0.29, 0.717) is 5.75 Å². The normalized spacial score (nSPS) is 14.7. The van der Waals surface area contributed by atoms with E-state index in [0.717, 1.165) is 16.3 Å². The Balaban J connectivity index is 2.50. The van der Waals surface area contributed by atoms with Gasteiger partial charge in [0.25, 0.3) is 0 Å². The number of nitrogens with zero attached hydrogens (tertiary/aromatic N) is 1. The Bertz CT molecular complexity index is 522. The van der Waals surface area contributed by atoms with E-state index in [1.165, 1.54) is 0 Å². The van der Waals surface area contributed by atoms with E-state index in [1.54, 1.807) is 24.5 Å². The van der Waals surface area contributed by atoms with Gasteiger partial charge in [-0.2, -0.15) is 0 Å². The molecule has 0 spiro atoms. The van der Waals surface area contributed by atoms with Crippen molar-refractivity contribution in [3.8, 4) is 5.75 Å². The second-order valence-electron chi connectivity index (χ2n) is 2.94. The van der Waals surface area contributed by atoms with Crippen molar-refractivity contribution < 1.29 is 8.85 Å². The summed E-state index contributed by atoms with van der Waals surface area (Å²) in [4.78, 5) is 4.03. The Morgan fingerprint density at radius 2 is 2.38 bits per heavy atom. The zero-order valence-corrected chi connectivity index (χ0v) is 7.24. The molecule has 0 saturated heterocycles. The summed E-state index contributed by atoms with van der Waals surface area (Å²) in [6.07, 6.45) is 3.42. The molecule has 1 aromatic carbocycles. The molecule has 0 aliphatic heterocycles. The predicted molar refractivity (Wildman–Crippen MR) is 53.0 cm³/mol. The number of benzene rings is 1. The SMILES string of the molecule is [2H]C([2H])([2H])Oc1cc(C)c2cnccc2c1. The van der Waals surface area contributed by atoms with Crippen molar-refractivity contribution in [3.05, 3.63) is 36.2 Å². The fourth-order valence-corrected chi connectivity index (χ4v) is 1.41. The van der Waals surface area contributed by atoms with Gasteiger partial charge in [0.1, 0.15) is 5.75 Å². The molecule has 0 fully saturated rings. The number of fused-ring (bicyclic) bond motifs is 1. The van der Waals surface area contributed by atoms with Gasteiger partial charge in [-0.25, -0.2) is 0 Å². The molecule has 2 rings (SSSR count). The molecular weight excluding hydrogens is 162 g/mol. The van der Waals surface area contributed by atoms with Crippen LogP contribution in [0.15, 0.2) is 30.6 Å². The largest absolute Gasteiger partial charge is 0.497 e. The quantitative estimate of drug-likeness (QED) is 0.666. The first-order valence-electron chi connectivity index (χ1n) is 5.49. The lowest BCUT2D eigenvalue weighted by Gasteiger charge is -2.04. The number of ether oxygens (including phenoxy) is 1. The van der Waals surface area contributed by atoms with Crippen LogP contribution >= 0.6 is 0 Å². The van der Waals surface area contributed by atoms with Crippen molar-refractivity contribution in [1.29, 1.82) is 0 Å². The van der Waals surface area contributed by atoms with E-state index in [-0.39, 0.29) is 0 Å². The molecule has 1 aromatic heterocycles. The summed E-state index contributed by atoms with van der Waals surface area (Å²) in [7, 11) is -2.41. The zero-order valence-electron chi connectivity index (χ0n) is 10.2. The molecular formula is C11H11NO. The van der Waals surface area contributed by atoms with Gasteiger partial charge in [0, 0.05) is 17.8 Å². The van der Waals surface area contributed by atoms with E-state index < -0.39 is 7.04 Å². The minimum atomic E-state index is -2.41. The number of hydrogen-bond acceptors (Lipinski definition) is 2. The molecule has 2 nitrogen and oxygen atoms in total. The summed E-state index contributed by atoms with van der Waals surface area (Å²) >= 11 is 0. The van der Waals surface area contributed by atoms with Crippen LogP contribution in [-0.4, -0.2) is 12.0 Å². The van der Waals surface area contributed by atoms with Crippen molar-refractivity contribution in [1.82, 2.24) is 4.98 Å². The lowest BCUT2D eigenvalue weighted by atomic mass is 10.1. The molecule has 1 heterocycles. The number of methoxy groups -OCH3 is 1. The second-order valence-corrected chi connectivity index (χ2v) is 2.94. The van der Waals surface area contributed by atoms with Gasteiger partial charge in [0.05, 0.1) is 11.2 Å². The third kappa shape index (κ3) is 1.35. The first-order chi connectivity index (χ1) is 7.46. The average molecular weight is 176 g/mol. The molecule has 66 valence electrons. The molecule has 13 heavy (non-hydrogen) atoms. The lowest BCUT2D eigenvalue weighted by Crippen LogP contribution is -1.86. The van der Waals surface area contributed by atoms with Crippen LogP contribution in [0, 0.1) is 6.92 Å². The molecule has 0 unspecified atom stereocenters. The predicted octanol–water partition coefficient (Wildman–Crippen LogP) is 2.55. The number of aryl methyl sites for hydroxylation is 1. The third-order valence-corrected chi connectivity index (χ3v) is 2.05. The molecule has 0 N–H and O–H groups in total. The average Bonchev–Trinajstić information content (AvgIpc) is 2.15. The van der Waals surface area contributed by atoms with E-state index >= 15 is 0 Å². The summed E-state index contributed by atoms with van der Waals surface area (Å²) < 4.78 is 26.0. The monoisotopic (exact) mass is 176 g/mol. The highest BCUT2D eigenvalue weighted by Gasteiger charge is 1.99. The van der Waals surface area contributed by atoms with Crippen LogP contribution in [0.25, 0.3) is 10.8 Å². The number of pyridine rings is 1. The smallest absolute Gasteiger partial charge is 0.119 e. The summed E-state index contributed by atoms with van der Waals surface area (Å²) in [5, 5.41) is 1.93. The minimum absolute atomic E-state index is 0.358. The molecule has 0 aliphatic carbocycles. The van der Waals surface area contributed by atoms with E-state index in [9.17, 15) is 0 Å². The standard InChI is InChI=1S/C11H11NO/c1-8-5-10(13-2)6-9-3-4-12-7-11(8)9/h3-7H,1-2H3/i2D3. The van der Waals surface area contributed by atoms with Crippen LogP contribution in [0.4, 0.5) is 0 Å². The summed E-state index contributed by atoms with van der Waals surface area (Å²) in [6, 6.07) is 5.24. The molecule has 0 saturated carbocycles. The van der Waals surface area contributed by atoms with Crippen molar-refractivity contribution >= 4 is 10.8 Å². The highest BCUT2D eigenvalue weighted by atomic mass is 16.5. The van der Waals surface area contributed by atoms with Crippen LogP contribution in [0.1, 0.15) is 9.68 Å². The van der Waals surface area contributed by atoms with Gasteiger partial charge >= 0.3 is 0 Å². The Labute approximate surface area is 81.4 Å². The maximum Gasteiger partial charge on any atom is 0.119 e. The van der Waals surface area contributed by atoms with Crippen LogP contribution in [-0.2, 0) is 0 Å². The Kier molecular flexibility index (Phi) is 1.23. The first-order valence-corrected chi connectivity index (χ1v) is 3.99. The van der Waals surface area contributed by atoms with Gasteiger partial charge in [-0.3, -0.25) is 4.98 Å². The van der Waals surface area contributed by atoms with Crippen molar-refractivity contribution in [3.63, 3.8) is 0 Å². The fourth-order valence-electron chi connectivity index (χ4n) is 1.41. The molecule has 0 aliphatic rings. The number of aromatic nitrogens is 1. The molecule has 0 radical (unpaired) electrons. The van der Waals surface area contributed by atoms with Crippen LogP contribution in [0.2, 0.25) is 0 Å².